The topological polar surface area (TPSA) is 93.4 Å². The summed E-state index contributed by atoms with van der Waals surface area (Å²) in [6.07, 6.45) is 1.47. The van der Waals surface area contributed by atoms with Gasteiger partial charge >= 0.3 is 5.97 Å². The first-order valence-electron chi connectivity index (χ1n) is 9.13. The van der Waals surface area contributed by atoms with Crippen molar-refractivity contribution in [2.45, 2.75) is 0 Å². The molecule has 0 amide bonds. The van der Waals surface area contributed by atoms with Crippen LogP contribution in [-0.2, 0) is 0 Å². The molecule has 7 nitrogen and oxygen atoms in total. The molecule has 7 heteroatoms. The molecule has 0 spiro atoms. The monoisotopic (exact) mass is 399 g/mol. The van der Waals surface area contributed by atoms with Crippen LogP contribution < -0.4 is 15.6 Å². The van der Waals surface area contributed by atoms with Crippen molar-refractivity contribution in [2.75, 3.05) is 5.32 Å². The Kier molecular flexibility index (Phi) is 5.25. The van der Waals surface area contributed by atoms with E-state index in [2.05, 4.69) is 10.4 Å². The fourth-order valence-electron chi connectivity index (χ4n) is 2.84. The predicted octanol–water partition coefficient (Wildman–Crippen LogP) is 4.47. The number of aromatic carboxylic acids is 1. The van der Waals surface area contributed by atoms with Crippen LogP contribution in [0.1, 0.15) is 10.4 Å². The number of para-hydroxylation sites is 2. The fraction of sp³-hybridized carbons (Fsp3) is 0. The lowest BCUT2D eigenvalue weighted by Crippen LogP contribution is -2.24. The van der Waals surface area contributed by atoms with Gasteiger partial charge in [-0.3, -0.25) is 4.79 Å². The van der Waals surface area contributed by atoms with Crippen molar-refractivity contribution in [3.63, 3.8) is 0 Å². The van der Waals surface area contributed by atoms with Crippen LogP contribution in [0.4, 0.5) is 11.4 Å². The third-order valence-electron chi connectivity index (χ3n) is 4.32. The standard InChI is InChI=1S/C23H17N3O4/c27-22-21(25-17-13-11-16(12-14-17)23(28)29)20(30-19-9-5-2-6-10-19)15-24-26(22)18-7-3-1-4-8-18/h1-15,25H,(H,28,29). The van der Waals surface area contributed by atoms with Gasteiger partial charge in [-0.05, 0) is 48.5 Å². The molecule has 1 aromatic heterocycles. The minimum atomic E-state index is -1.02. The minimum Gasteiger partial charge on any atom is -0.478 e. The van der Waals surface area contributed by atoms with Crippen molar-refractivity contribution < 1.29 is 14.6 Å². The smallest absolute Gasteiger partial charge is 0.335 e. The molecule has 4 rings (SSSR count). The average Bonchev–Trinajstić information content (AvgIpc) is 2.78. The van der Waals surface area contributed by atoms with Crippen molar-refractivity contribution >= 4 is 17.3 Å². The highest BCUT2D eigenvalue weighted by molar-refractivity contribution is 5.88. The Balaban J connectivity index is 1.77. The van der Waals surface area contributed by atoms with E-state index in [4.69, 9.17) is 9.84 Å². The number of carboxylic acid groups (broad SMARTS) is 1. The highest BCUT2D eigenvalue weighted by Gasteiger charge is 2.15. The van der Waals surface area contributed by atoms with Gasteiger partial charge < -0.3 is 15.2 Å². The summed E-state index contributed by atoms with van der Waals surface area (Å²) in [6.45, 7) is 0. The van der Waals surface area contributed by atoms with E-state index in [9.17, 15) is 9.59 Å². The highest BCUT2D eigenvalue weighted by Crippen LogP contribution is 2.28. The second-order valence-electron chi connectivity index (χ2n) is 6.36. The van der Waals surface area contributed by atoms with Crippen molar-refractivity contribution in [2.24, 2.45) is 0 Å². The Hall–Kier alpha value is -4.39. The maximum Gasteiger partial charge on any atom is 0.335 e. The number of anilines is 2. The SMILES string of the molecule is O=C(O)c1ccc(Nc2c(Oc3ccccc3)cnn(-c3ccccc3)c2=O)cc1. The Labute approximate surface area is 171 Å². The Morgan fingerprint density at radius 2 is 1.53 bits per heavy atom. The molecule has 0 fully saturated rings. The highest BCUT2D eigenvalue weighted by atomic mass is 16.5. The summed E-state index contributed by atoms with van der Waals surface area (Å²) in [7, 11) is 0. The second-order valence-corrected chi connectivity index (χ2v) is 6.36. The van der Waals surface area contributed by atoms with Crippen LogP contribution in [-0.4, -0.2) is 20.9 Å². The summed E-state index contributed by atoms with van der Waals surface area (Å²) in [5.74, 6) is -0.217. The summed E-state index contributed by atoms with van der Waals surface area (Å²) in [5.41, 5.74) is 1.08. The molecule has 0 radical (unpaired) electrons. The van der Waals surface area contributed by atoms with Gasteiger partial charge in [0.05, 0.1) is 17.4 Å². The van der Waals surface area contributed by atoms with Crippen molar-refractivity contribution in [1.82, 2.24) is 9.78 Å². The van der Waals surface area contributed by atoms with Gasteiger partial charge in [0.15, 0.2) is 11.4 Å². The Bertz CT molecular complexity index is 1220. The van der Waals surface area contributed by atoms with Gasteiger partial charge in [-0.15, -0.1) is 0 Å². The molecule has 2 N–H and O–H groups in total. The van der Waals surface area contributed by atoms with Gasteiger partial charge in [0.1, 0.15) is 5.75 Å². The fourth-order valence-corrected chi connectivity index (χ4v) is 2.84. The molecule has 30 heavy (non-hydrogen) atoms. The summed E-state index contributed by atoms with van der Waals surface area (Å²) < 4.78 is 7.15. The number of carboxylic acids is 1. The molecule has 0 unspecified atom stereocenters. The third-order valence-corrected chi connectivity index (χ3v) is 4.32. The molecule has 0 aliphatic heterocycles. The molecule has 0 atom stereocenters. The largest absolute Gasteiger partial charge is 0.478 e. The second kappa shape index (κ2) is 8.32. The van der Waals surface area contributed by atoms with Crippen LogP contribution in [0.25, 0.3) is 5.69 Å². The van der Waals surface area contributed by atoms with Crippen LogP contribution >= 0.6 is 0 Å². The van der Waals surface area contributed by atoms with Crippen molar-refractivity contribution in [3.05, 3.63) is 107 Å². The summed E-state index contributed by atoms with van der Waals surface area (Å²) in [6, 6.07) is 24.2. The van der Waals surface area contributed by atoms with Gasteiger partial charge in [0, 0.05) is 5.69 Å². The number of hydrogen-bond acceptors (Lipinski definition) is 5. The molecule has 0 aliphatic rings. The zero-order valence-electron chi connectivity index (χ0n) is 15.7. The lowest BCUT2D eigenvalue weighted by molar-refractivity contribution is 0.0697. The number of carbonyl (C=O) groups is 1. The van der Waals surface area contributed by atoms with Crippen LogP contribution in [0, 0.1) is 0 Å². The van der Waals surface area contributed by atoms with Crippen LogP contribution in [0.15, 0.2) is 95.9 Å². The lowest BCUT2D eigenvalue weighted by atomic mass is 10.2. The van der Waals surface area contributed by atoms with E-state index in [1.807, 2.05) is 36.4 Å². The molecule has 4 aromatic rings. The molecule has 148 valence electrons. The maximum absolute atomic E-state index is 13.2. The number of ether oxygens (including phenoxy) is 1. The molecule has 0 aliphatic carbocycles. The number of benzene rings is 3. The zero-order valence-corrected chi connectivity index (χ0v) is 15.7. The lowest BCUT2D eigenvalue weighted by Gasteiger charge is -2.14. The number of aromatic nitrogens is 2. The molecule has 0 saturated carbocycles. The Morgan fingerprint density at radius 3 is 2.17 bits per heavy atom. The maximum atomic E-state index is 13.2. The molecular weight excluding hydrogens is 382 g/mol. The van der Waals surface area contributed by atoms with Crippen molar-refractivity contribution in [1.29, 1.82) is 0 Å². The van der Waals surface area contributed by atoms with Gasteiger partial charge in [0.25, 0.3) is 5.56 Å². The number of nitrogens with zero attached hydrogens (tertiary/aromatic N) is 2. The normalized spacial score (nSPS) is 10.4. The van der Waals surface area contributed by atoms with E-state index < -0.39 is 11.5 Å². The molecule has 1 heterocycles. The van der Waals surface area contributed by atoms with E-state index in [1.54, 1.807) is 36.4 Å². The van der Waals surface area contributed by atoms with E-state index in [0.29, 0.717) is 17.1 Å². The van der Waals surface area contributed by atoms with Gasteiger partial charge in [-0.25, -0.2) is 4.79 Å². The molecule has 3 aromatic carbocycles. The number of hydrogen-bond donors (Lipinski definition) is 2. The van der Waals surface area contributed by atoms with Crippen LogP contribution in [0.5, 0.6) is 11.5 Å². The molecule has 0 bridgehead atoms. The third kappa shape index (κ3) is 4.05. The predicted molar refractivity (Wildman–Crippen MR) is 113 cm³/mol. The van der Waals surface area contributed by atoms with E-state index in [1.165, 1.54) is 23.0 Å². The summed E-state index contributed by atoms with van der Waals surface area (Å²) in [4.78, 5) is 24.3. The first kappa shape index (κ1) is 18.9. The summed E-state index contributed by atoms with van der Waals surface area (Å²) in [5, 5.41) is 16.4. The van der Waals surface area contributed by atoms with E-state index >= 15 is 0 Å². The number of rotatable bonds is 6. The first-order valence-corrected chi connectivity index (χ1v) is 9.13. The quantitative estimate of drug-likeness (QED) is 0.497. The van der Waals surface area contributed by atoms with Gasteiger partial charge in [-0.1, -0.05) is 36.4 Å². The summed E-state index contributed by atoms with van der Waals surface area (Å²) >= 11 is 0. The average molecular weight is 399 g/mol. The van der Waals surface area contributed by atoms with Gasteiger partial charge in [-0.2, -0.15) is 9.78 Å². The van der Waals surface area contributed by atoms with Gasteiger partial charge in [0.2, 0.25) is 0 Å². The molecular formula is C23H17N3O4. The number of nitrogens with one attached hydrogen (secondary N) is 1. The van der Waals surface area contributed by atoms with Crippen LogP contribution in [0.2, 0.25) is 0 Å². The van der Waals surface area contributed by atoms with Crippen molar-refractivity contribution in [3.8, 4) is 17.2 Å². The van der Waals surface area contributed by atoms with E-state index in [0.717, 1.165) is 0 Å². The minimum absolute atomic E-state index is 0.151. The Morgan fingerprint density at radius 1 is 0.900 bits per heavy atom. The van der Waals surface area contributed by atoms with Crippen LogP contribution in [0.3, 0.4) is 0 Å². The zero-order chi connectivity index (χ0) is 20.9. The van der Waals surface area contributed by atoms with E-state index in [-0.39, 0.29) is 17.0 Å². The first-order chi connectivity index (χ1) is 14.6. The molecule has 0 saturated heterocycles.